The molecule has 0 unspecified atom stereocenters. The molecule has 0 aliphatic rings. The third kappa shape index (κ3) is 3.31. The molecule has 0 atom stereocenters. The van der Waals surface area contributed by atoms with Crippen molar-refractivity contribution in [3.63, 3.8) is 0 Å². The second-order valence-electron chi connectivity index (χ2n) is 5.35. The van der Waals surface area contributed by atoms with E-state index in [1.54, 1.807) is 23.6 Å². The average molecular weight is 294 g/mol. The number of nitrogens with zero attached hydrogens (tertiary/aromatic N) is 3. The third-order valence-corrected chi connectivity index (χ3v) is 3.75. The Morgan fingerprint density at radius 1 is 1.18 bits per heavy atom. The highest BCUT2D eigenvalue weighted by molar-refractivity contribution is 5.81. The van der Waals surface area contributed by atoms with Crippen LogP contribution in [0.5, 0.6) is 0 Å². The van der Waals surface area contributed by atoms with Crippen LogP contribution in [0.4, 0.5) is 0 Å². The topological polar surface area (TPSA) is 61.9 Å². The number of pyridine rings is 1. The van der Waals surface area contributed by atoms with E-state index in [4.69, 9.17) is 0 Å². The molecule has 0 aliphatic carbocycles. The number of benzene rings is 1. The van der Waals surface area contributed by atoms with Gasteiger partial charge in [-0.2, -0.15) is 0 Å². The quantitative estimate of drug-likeness (QED) is 0.784. The largest absolute Gasteiger partial charge is 0.345 e. The molecule has 0 radical (unpaired) electrons. The summed E-state index contributed by atoms with van der Waals surface area (Å²) in [7, 11) is 1.85. The van der Waals surface area contributed by atoms with Crippen LogP contribution >= 0.6 is 0 Å². The van der Waals surface area contributed by atoms with E-state index in [0.717, 1.165) is 23.0 Å². The SMILES string of the molecule is CN(CCc1ccncc1)C(=O)Cc1ccc2nc[nH]c2c1. The van der Waals surface area contributed by atoms with Crippen LogP contribution in [-0.4, -0.2) is 39.4 Å². The van der Waals surface area contributed by atoms with Crippen LogP contribution in [0.3, 0.4) is 0 Å². The smallest absolute Gasteiger partial charge is 0.226 e. The molecule has 5 heteroatoms. The Morgan fingerprint density at radius 2 is 2.00 bits per heavy atom. The first-order valence-corrected chi connectivity index (χ1v) is 7.27. The number of likely N-dealkylation sites (N-methyl/N-ethyl adjacent to an activating group) is 1. The summed E-state index contributed by atoms with van der Waals surface area (Å²) in [6.45, 7) is 0.704. The van der Waals surface area contributed by atoms with Crippen molar-refractivity contribution in [1.29, 1.82) is 0 Å². The van der Waals surface area contributed by atoms with Crippen molar-refractivity contribution < 1.29 is 4.79 Å². The number of carbonyl (C=O) groups is 1. The minimum atomic E-state index is 0.118. The Morgan fingerprint density at radius 3 is 2.82 bits per heavy atom. The number of hydrogen-bond acceptors (Lipinski definition) is 3. The van der Waals surface area contributed by atoms with E-state index < -0.39 is 0 Å². The fourth-order valence-corrected chi connectivity index (χ4v) is 2.37. The maximum absolute atomic E-state index is 12.3. The fraction of sp³-hybridized carbons (Fsp3) is 0.235. The first-order valence-electron chi connectivity index (χ1n) is 7.27. The second kappa shape index (κ2) is 6.39. The molecule has 1 aromatic carbocycles. The minimum Gasteiger partial charge on any atom is -0.345 e. The van der Waals surface area contributed by atoms with Gasteiger partial charge in [0.25, 0.3) is 0 Å². The molecule has 112 valence electrons. The van der Waals surface area contributed by atoms with Crippen molar-refractivity contribution in [2.45, 2.75) is 12.8 Å². The molecule has 0 bridgehead atoms. The van der Waals surface area contributed by atoms with E-state index in [1.807, 2.05) is 37.4 Å². The van der Waals surface area contributed by atoms with Gasteiger partial charge in [-0.1, -0.05) is 6.07 Å². The lowest BCUT2D eigenvalue weighted by Gasteiger charge is -2.17. The van der Waals surface area contributed by atoms with Gasteiger partial charge in [-0.15, -0.1) is 0 Å². The Bertz CT molecular complexity index is 766. The van der Waals surface area contributed by atoms with Gasteiger partial charge in [0.1, 0.15) is 0 Å². The molecule has 5 nitrogen and oxygen atoms in total. The zero-order valence-electron chi connectivity index (χ0n) is 12.5. The molecule has 2 heterocycles. The molecule has 2 aromatic heterocycles. The lowest BCUT2D eigenvalue weighted by atomic mass is 10.1. The van der Waals surface area contributed by atoms with Gasteiger partial charge in [-0.25, -0.2) is 4.98 Å². The Labute approximate surface area is 129 Å². The van der Waals surface area contributed by atoms with Crippen molar-refractivity contribution in [2.75, 3.05) is 13.6 Å². The van der Waals surface area contributed by atoms with Gasteiger partial charge in [0.15, 0.2) is 0 Å². The molecule has 3 aromatic rings. The van der Waals surface area contributed by atoms with E-state index in [2.05, 4.69) is 15.0 Å². The molecular formula is C17H18N4O. The van der Waals surface area contributed by atoms with E-state index in [9.17, 15) is 4.79 Å². The molecule has 0 aliphatic heterocycles. The van der Waals surface area contributed by atoms with E-state index >= 15 is 0 Å². The van der Waals surface area contributed by atoms with Gasteiger partial charge in [0.05, 0.1) is 23.8 Å². The Balaban J connectivity index is 1.58. The summed E-state index contributed by atoms with van der Waals surface area (Å²) < 4.78 is 0. The normalized spacial score (nSPS) is 10.8. The summed E-state index contributed by atoms with van der Waals surface area (Å²) in [4.78, 5) is 25.3. The van der Waals surface area contributed by atoms with Crippen LogP contribution < -0.4 is 0 Å². The van der Waals surface area contributed by atoms with E-state index in [-0.39, 0.29) is 5.91 Å². The van der Waals surface area contributed by atoms with Crippen LogP contribution in [0.25, 0.3) is 11.0 Å². The number of nitrogens with one attached hydrogen (secondary N) is 1. The van der Waals surface area contributed by atoms with Gasteiger partial charge in [-0.05, 0) is 41.8 Å². The molecule has 3 rings (SSSR count). The van der Waals surface area contributed by atoms with Crippen LogP contribution in [0.1, 0.15) is 11.1 Å². The Kier molecular flexibility index (Phi) is 4.14. The lowest BCUT2D eigenvalue weighted by Crippen LogP contribution is -2.30. The number of aromatic nitrogens is 3. The molecule has 22 heavy (non-hydrogen) atoms. The molecule has 0 spiro atoms. The number of carbonyl (C=O) groups excluding carboxylic acids is 1. The number of H-pyrrole nitrogens is 1. The number of hydrogen-bond donors (Lipinski definition) is 1. The maximum Gasteiger partial charge on any atom is 0.226 e. The first-order chi connectivity index (χ1) is 10.7. The van der Waals surface area contributed by atoms with Gasteiger partial charge in [0.2, 0.25) is 5.91 Å². The fourth-order valence-electron chi connectivity index (χ4n) is 2.37. The van der Waals surface area contributed by atoms with Crippen molar-refractivity contribution in [3.8, 4) is 0 Å². The average Bonchev–Trinajstić information content (AvgIpc) is 3.01. The lowest BCUT2D eigenvalue weighted by molar-refractivity contribution is -0.129. The van der Waals surface area contributed by atoms with Crippen molar-refractivity contribution in [2.24, 2.45) is 0 Å². The third-order valence-electron chi connectivity index (χ3n) is 3.75. The number of fused-ring (bicyclic) bond motifs is 1. The van der Waals surface area contributed by atoms with Crippen LogP contribution in [-0.2, 0) is 17.6 Å². The predicted octanol–water partition coefficient (Wildman–Crippen LogP) is 2.20. The molecular weight excluding hydrogens is 276 g/mol. The van der Waals surface area contributed by atoms with Crippen LogP contribution in [0, 0.1) is 0 Å². The highest BCUT2D eigenvalue weighted by Gasteiger charge is 2.10. The van der Waals surface area contributed by atoms with Crippen LogP contribution in [0.15, 0.2) is 49.1 Å². The van der Waals surface area contributed by atoms with Crippen molar-refractivity contribution in [3.05, 3.63) is 60.2 Å². The molecule has 0 saturated heterocycles. The van der Waals surface area contributed by atoms with E-state index in [0.29, 0.717) is 13.0 Å². The number of amides is 1. The van der Waals surface area contributed by atoms with Gasteiger partial charge in [-0.3, -0.25) is 9.78 Å². The first kappa shape index (κ1) is 14.3. The summed E-state index contributed by atoms with van der Waals surface area (Å²) >= 11 is 0. The summed E-state index contributed by atoms with van der Waals surface area (Å²) in [5.74, 6) is 0.118. The minimum absolute atomic E-state index is 0.118. The molecule has 0 saturated carbocycles. The number of imidazole rings is 1. The standard InChI is InChI=1S/C17H18N4O/c1-21(9-6-13-4-7-18-8-5-13)17(22)11-14-2-3-15-16(10-14)20-12-19-15/h2-5,7-8,10,12H,6,9,11H2,1H3,(H,19,20). The predicted molar refractivity (Wildman–Crippen MR) is 85.4 cm³/mol. The monoisotopic (exact) mass is 294 g/mol. The zero-order valence-corrected chi connectivity index (χ0v) is 12.5. The van der Waals surface area contributed by atoms with Gasteiger partial charge < -0.3 is 9.88 Å². The Hall–Kier alpha value is -2.69. The second-order valence-corrected chi connectivity index (χ2v) is 5.35. The summed E-state index contributed by atoms with van der Waals surface area (Å²) in [5.41, 5.74) is 4.07. The summed E-state index contributed by atoms with van der Waals surface area (Å²) in [6.07, 6.45) is 6.46. The van der Waals surface area contributed by atoms with Gasteiger partial charge in [0, 0.05) is 26.0 Å². The highest BCUT2D eigenvalue weighted by Crippen LogP contribution is 2.12. The van der Waals surface area contributed by atoms with Crippen molar-refractivity contribution in [1.82, 2.24) is 19.9 Å². The molecule has 1 amide bonds. The van der Waals surface area contributed by atoms with Gasteiger partial charge >= 0.3 is 0 Å². The maximum atomic E-state index is 12.3. The molecule has 0 fully saturated rings. The zero-order chi connectivity index (χ0) is 15.4. The van der Waals surface area contributed by atoms with Crippen LogP contribution in [0.2, 0.25) is 0 Å². The summed E-state index contributed by atoms with van der Waals surface area (Å²) in [6, 6.07) is 9.83. The summed E-state index contributed by atoms with van der Waals surface area (Å²) in [5, 5.41) is 0. The number of aromatic amines is 1. The number of rotatable bonds is 5. The molecule has 1 N–H and O–H groups in total. The van der Waals surface area contributed by atoms with E-state index in [1.165, 1.54) is 5.56 Å². The van der Waals surface area contributed by atoms with Crippen molar-refractivity contribution >= 4 is 16.9 Å². The highest BCUT2D eigenvalue weighted by atomic mass is 16.2.